The first-order valence-corrected chi connectivity index (χ1v) is 5.69. The minimum absolute atomic E-state index is 0.141. The number of ether oxygens (including phenoxy) is 1. The molecule has 1 saturated heterocycles. The van der Waals surface area contributed by atoms with Crippen LogP contribution in [-0.2, 0) is 0 Å². The summed E-state index contributed by atoms with van der Waals surface area (Å²) in [5.74, 6) is -0.555. The Labute approximate surface area is 100 Å². The highest BCUT2D eigenvalue weighted by Gasteiger charge is 2.18. The number of hydrogen-bond donors (Lipinski definition) is 1. The zero-order chi connectivity index (χ0) is 12.3. The molecule has 0 radical (unpaired) electrons. The molecule has 2 heterocycles. The van der Waals surface area contributed by atoms with Crippen molar-refractivity contribution in [1.29, 1.82) is 0 Å². The molecule has 1 fully saturated rings. The summed E-state index contributed by atoms with van der Waals surface area (Å²) in [6.45, 7) is 2.01. The van der Waals surface area contributed by atoms with Crippen LogP contribution < -0.4 is 4.74 Å². The van der Waals surface area contributed by atoms with Gasteiger partial charge in [-0.15, -0.1) is 0 Å². The normalized spacial score (nSPS) is 17.9. The predicted molar refractivity (Wildman–Crippen MR) is 62.3 cm³/mol. The van der Waals surface area contributed by atoms with Gasteiger partial charge in [0.05, 0.1) is 5.56 Å². The summed E-state index contributed by atoms with van der Waals surface area (Å²) in [7, 11) is 2.08. The lowest BCUT2D eigenvalue weighted by Crippen LogP contribution is -2.35. The van der Waals surface area contributed by atoms with Crippen LogP contribution in [0.5, 0.6) is 5.88 Å². The number of hydrogen-bond acceptors (Lipinski definition) is 4. The van der Waals surface area contributed by atoms with E-state index in [0.29, 0.717) is 5.88 Å². The molecule has 0 spiro atoms. The summed E-state index contributed by atoms with van der Waals surface area (Å²) in [5, 5.41) is 8.86. The summed E-state index contributed by atoms with van der Waals surface area (Å²) >= 11 is 0. The Hall–Kier alpha value is -1.62. The van der Waals surface area contributed by atoms with Crippen LogP contribution in [0.25, 0.3) is 0 Å². The van der Waals surface area contributed by atoms with E-state index in [0.717, 1.165) is 25.9 Å². The number of carbonyl (C=O) groups is 1. The van der Waals surface area contributed by atoms with E-state index in [4.69, 9.17) is 9.84 Å². The fourth-order valence-corrected chi connectivity index (χ4v) is 1.88. The first-order chi connectivity index (χ1) is 8.15. The molecule has 1 aromatic heterocycles. The van der Waals surface area contributed by atoms with E-state index in [2.05, 4.69) is 16.9 Å². The molecule has 1 aromatic rings. The Morgan fingerprint density at radius 3 is 2.88 bits per heavy atom. The molecule has 0 aliphatic carbocycles. The molecule has 1 aliphatic rings. The molecule has 0 unspecified atom stereocenters. The molecule has 17 heavy (non-hydrogen) atoms. The van der Waals surface area contributed by atoms with Crippen molar-refractivity contribution < 1.29 is 14.6 Å². The molecule has 92 valence electrons. The van der Waals surface area contributed by atoms with Crippen LogP contribution in [0.1, 0.15) is 23.2 Å². The van der Waals surface area contributed by atoms with Crippen molar-refractivity contribution in [2.24, 2.45) is 0 Å². The third-order valence-electron chi connectivity index (χ3n) is 2.93. The van der Waals surface area contributed by atoms with Crippen molar-refractivity contribution in [2.45, 2.75) is 18.9 Å². The zero-order valence-electron chi connectivity index (χ0n) is 9.80. The summed E-state index contributed by atoms with van der Waals surface area (Å²) in [6, 6.07) is 2.94. The van der Waals surface area contributed by atoms with Crippen molar-refractivity contribution in [3.05, 3.63) is 23.9 Å². The Balaban J connectivity index is 1.98. The maximum atomic E-state index is 10.8. The zero-order valence-corrected chi connectivity index (χ0v) is 9.80. The van der Waals surface area contributed by atoms with E-state index in [1.807, 2.05) is 0 Å². The van der Waals surface area contributed by atoms with Crippen LogP contribution >= 0.6 is 0 Å². The third-order valence-corrected chi connectivity index (χ3v) is 2.93. The number of piperidine rings is 1. The topological polar surface area (TPSA) is 62.7 Å². The van der Waals surface area contributed by atoms with Crippen LogP contribution in [-0.4, -0.2) is 47.2 Å². The van der Waals surface area contributed by atoms with Crippen molar-refractivity contribution in [3.8, 4) is 5.88 Å². The van der Waals surface area contributed by atoms with Gasteiger partial charge in [-0.1, -0.05) is 0 Å². The van der Waals surface area contributed by atoms with Gasteiger partial charge in [-0.2, -0.15) is 0 Å². The van der Waals surface area contributed by atoms with Gasteiger partial charge < -0.3 is 14.7 Å². The Kier molecular flexibility index (Phi) is 3.58. The molecule has 0 saturated carbocycles. The molecule has 5 heteroatoms. The summed E-state index contributed by atoms with van der Waals surface area (Å²) in [5.41, 5.74) is 0.211. The summed E-state index contributed by atoms with van der Waals surface area (Å²) in [4.78, 5) is 17.1. The Bertz CT molecular complexity index is 400. The van der Waals surface area contributed by atoms with Gasteiger partial charge in [-0.05, 0) is 26.0 Å². The van der Waals surface area contributed by atoms with E-state index >= 15 is 0 Å². The maximum Gasteiger partial charge on any atom is 0.335 e. The van der Waals surface area contributed by atoms with Gasteiger partial charge in [0.15, 0.2) is 0 Å². The predicted octanol–water partition coefficient (Wildman–Crippen LogP) is 1.25. The molecule has 0 amide bonds. The SMILES string of the molecule is CN1CCC(Oc2cc(C(=O)O)ccn2)CC1. The van der Waals surface area contributed by atoms with E-state index < -0.39 is 5.97 Å². The van der Waals surface area contributed by atoms with Crippen molar-refractivity contribution >= 4 is 5.97 Å². The second kappa shape index (κ2) is 5.14. The molecule has 0 atom stereocenters. The van der Waals surface area contributed by atoms with E-state index in [1.165, 1.54) is 18.3 Å². The van der Waals surface area contributed by atoms with E-state index in [1.54, 1.807) is 0 Å². The number of rotatable bonds is 3. The number of carboxylic acid groups (broad SMARTS) is 1. The fraction of sp³-hybridized carbons (Fsp3) is 0.500. The highest BCUT2D eigenvalue weighted by Crippen LogP contribution is 2.17. The quantitative estimate of drug-likeness (QED) is 0.855. The highest BCUT2D eigenvalue weighted by atomic mass is 16.5. The van der Waals surface area contributed by atoms with Gasteiger partial charge in [0, 0.05) is 25.4 Å². The number of carboxylic acids is 1. The Morgan fingerprint density at radius 2 is 2.24 bits per heavy atom. The van der Waals surface area contributed by atoms with Gasteiger partial charge in [-0.3, -0.25) is 0 Å². The minimum atomic E-state index is -0.958. The smallest absolute Gasteiger partial charge is 0.335 e. The molecule has 0 aromatic carbocycles. The van der Waals surface area contributed by atoms with Crippen LogP contribution in [0.15, 0.2) is 18.3 Å². The van der Waals surface area contributed by atoms with Gasteiger partial charge in [0.1, 0.15) is 6.10 Å². The van der Waals surface area contributed by atoms with Gasteiger partial charge in [-0.25, -0.2) is 9.78 Å². The molecule has 1 N–H and O–H groups in total. The second-order valence-corrected chi connectivity index (χ2v) is 4.31. The highest BCUT2D eigenvalue weighted by molar-refractivity contribution is 5.87. The second-order valence-electron chi connectivity index (χ2n) is 4.31. The average Bonchev–Trinajstić information content (AvgIpc) is 2.32. The van der Waals surface area contributed by atoms with Crippen molar-refractivity contribution in [1.82, 2.24) is 9.88 Å². The van der Waals surface area contributed by atoms with E-state index in [-0.39, 0.29) is 11.7 Å². The monoisotopic (exact) mass is 236 g/mol. The van der Waals surface area contributed by atoms with E-state index in [9.17, 15) is 4.79 Å². The first-order valence-electron chi connectivity index (χ1n) is 5.69. The van der Waals surface area contributed by atoms with Gasteiger partial charge >= 0.3 is 5.97 Å². The van der Waals surface area contributed by atoms with Crippen LogP contribution in [0, 0.1) is 0 Å². The Morgan fingerprint density at radius 1 is 1.53 bits per heavy atom. The minimum Gasteiger partial charge on any atom is -0.478 e. The lowest BCUT2D eigenvalue weighted by Gasteiger charge is -2.28. The number of aromatic nitrogens is 1. The molecule has 0 bridgehead atoms. The fourth-order valence-electron chi connectivity index (χ4n) is 1.88. The maximum absolute atomic E-state index is 10.8. The van der Waals surface area contributed by atoms with Crippen molar-refractivity contribution in [2.75, 3.05) is 20.1 Å². The molecular formula is C12H16N2O3. The van der Waals surface area contributed by atoms with Crippen LogP contribution in [0.4, 0.5) is 0 Å². The van der Waals surface area contributed by atoms with Gasteiger partial charge in [0.2, 0.25) is 5.88 Å². The van der Waals surface area contributed by atoms with Gasteiger partial charge in [0.25, 0.3) is 0 Å². The number of aromatic carboxylic acids is 1. The standard InChI is InChI=1S/C12H16N2O3/c1-14-6-3-10(4-7-14)17-11-8-9(12(15)16)2-5-13-11/h2,5,8,10H,3-4,6-7H2,1H3,(H,15,16). The largest absolute Gasteiger partial charge is 0.478 e. The first kappa shape index (κ1) is 11.9. The van der Waals surface area contributed by atoms with Crippen LogP contribution in [0.3, 0.4) is 0 Å². The lowest BCUT2D eigenvalue weighted by atomic mass is 10.1. The molecule has 5 nitrogen and oxygen atoms in total. The van der Waals surface area contributed by atoms with Crippen LogP contribution in [0.2, 0.25) is 0 Å². The lowest BCUT2D eigenvalue weighted by molar-refractivity contribution is 0.0694. The summed E-state index contributed by atoms with van der Waals surface area (Å²) < 4.78 is 5.69. The third kappa shape index (κ3) is 3.17. The number of likely N-dealkylation sites (tertiary alicyclic amines) is 1. The molecule has 1 aliphatic heterocycles. The molecule has 2 rings (SSSR count). The molecular weight excluding hydrogens is 220 g/mol. The summed E-state index contributed by atoms with van der Waals surface area (Å²) in [6.07, 6.45) is 3.52. The van der Waals surface area contributed by atoms with Crippen molar-refractivity contribution in [3.63, 3.8) is 0 Å². The average molecular weight is 236 g/mol. The number of nitrogens with zero attached hydrogens (tertiary/aromatic N) is 2. The number of pyridine rings is 1.